The summed E-state index contributed by atoms with van der Waals surface area (Å²) in [6, 6.07) is 4.57. The molecule has 1 aliphatic heterocycles. The summed E-state index contributed by atoms with van der Waals surface area (Å²) in [5.74, 6) is 1.05. The smallest absolute Gasteiger partial charge is 0.127 e. The largest absolute Gasteiger partial charge is 0.493 e. The maximum atomic E-state index is 6.12. The number of rotatable bonds is 5. The van der Waals surface area contributed by atoms with E-state index in [1.165, 1.54) is 24.0 Å². The molecule has 0 saturated heterocycles. The monoisotopic (exact) mass is 253 g/mol. The second-order valence-electron chi connectivity index (χ2n) is 4.72. The Morgan fingerprint density at radius 1 is 1.47 bits per heavy atom. The standard InChI is InChI=1S/C14H20ClNO/c1-3-4-10(2)16-9-12-8-13(15)7-11-5-6-17-14(11)12/h7-8,10,16H,3-6,9H2,1-2H3. The minimum absolute atomic E-state index is 0.538. The van der Waals surface area contributed by atoms with E-state index in [1.54, 1.807) is 0 Å². The number of halogens is 1. The van der Waals surface area contributed by atoms with E-state index in [4.69, 9.17) is 16.3 Å². The fourth-order valence-corrected chi connectivity index (χ4v) is 2.56. The Kier molecular flexibility index (Phi) is 4.30. The van der Waals surface area contributed by atoms with Crippen LogP contribution in [-0.4, -0.2) is 12.6 Å². The van der Waals surface area contributed by atoms with Crippen LogP contribution in [0.5, 0.6) is 5.75 Å². The van der Waals surface area contributed by atoms with Crippen molar-refractivity contribution < 1.29 is 4.74 Å². The van der Waals surface area contributed by atoms with Crippen molar-refractivity contribution in [2.45, 2.75) is 45.7 Å². The quantitative estimate of drug-likeness (QED) is 0.867. The molecule has 2 rings (SSSR count). The summed E-state index contributed by atoms with van der Waals surface area (Å²) < 4.78 is 5.68. The molecule has 0 aliphatic carbocycles. The topological polar surface area (TPSA) is 21.3 Å². The molecule has 1 aromatic carbocycles. The number of fused-ring (bicyclic) bond motifs is 1. The first kappa shape index (κ1) is 12.7. The van der Waals surface area contributed by atoms with Crippen molar-refractivity contribution >= 4 is 11.6 Å². The van der Waals surface area contributed by atoms with Gasteiger partial charge in [-0.2, -0.15) is 0 Å². The first-order valence-electron chi connectivity index (χ1n) is 6.38. The van der Waals surface area contributed by atoms with Gasteiger partial charge in [0, 0.05) is 29.6 Å². The molecule has 1 heterocycles. The first-order valence-corrected chi connectivity index (χ1v) is 6.76. The van der Waals surface area contributed by atoms with E-state index in [1.807, 2.05) is 12.1 Å². The third-order valence-corrected chi connectivity index (χ3v) is 3.41. The molecule has 0 amide bonds. The minimum Gasteiger partial charge on any atom is -0.493 e. The Bertz CT molecular complexity index is 392. The molecular formula is C14H20ClNO. The van der Waals surface area contributed by atoms with Crippen LogP contribution in [0.3, 0.4) is 0 Å². The maximum Gasteiger partial charge on any atom is 0.127 e. The highest BCUT2D eigenvalue weighted by Gasteiger charge is 2.17. The highest BCUT2D eigenvalue weighted by Crippen LogP contribution is 2.32. The van der Waals surface area contributed by atoms with Crippen LogP contribution in [-0.2, 0) is 13.0 Å². The zero-order valence-electron chi connectivity index (χ0n) is 10.6. The van der Waals surface area contributed by atoms with Gasteiger partial charge in [0.1, 0.15) is 5.75 Å². The van der Waals surface area contributed by atoms with Crippen molar-refractivity contribution in [2.24, 2.45) is 0 Å². The van der Waals surface area contributed by atoms with Gasteiger partial charge in [-0.25, -0.2) is 0 Å². The van der Waals surface area contributed by atoms with Gasteiger partial charge in [-0.3, -0.25) is 0 Å². The highest BCUT2D eigenvalue weighted by atomic mass is 35.5. The molecular weight excluding hydrogens is 234 g/mol. The summed E-state index contributed by atoms with van der Waals surface area (Å²) in [7, 11) is 0. The highest BCUT2D eigenvalue weighted by molar-refractivity contribution is 6.30. The van der Waals surface area contributed by atoms with Crippen LogP contribution in [0.15, 0.2) is 12.1 Å². The molecule has 1 aliphatic rings. The van der Waals surface area contributed by atoms with E-state index >= 15 is 0 Å². The molecule has 0 fully saturated rings. The molecule has 1 atom stereocenters. The summed E-state index contributed by atoms with van der Waals surface area (Å²) in [5.41, 5.74) is 2.44. The van der Waals surface area contributed by atoms with Gasteiger partial charge in [0.25, 0.3) is 0 Å². The van der Waals surface area contributed by atoms with E-state index in [0.29, 0.717) is 6.04 Å². The predicted molar refractivity (Wildman–Crippen MR) is 71.9 cm³/mol. The van der Waals surface area contributed by atoms with Crippen molar-refractivity contribution in [2.75, 3.05) is 6.61 Å². The molecule has 3 heteroatoms. The van der Waals surface area contributed by atoms with Gasteiger partial charge in [0.2, 0.25) is 0 Å². The first-order chi connectivity index (χ1) is 8.20. The van der Waals surface area contributed by atoms with Gasteiger partial charge in [0.15, 0.2) is 0 Å². The van der Waals surface area contributed by atoms with Crippen molar-refractivity contribution in [3.05, 3.63) is 28.3 Å². The molecule has 0 bridgehead atoms. The van der Waals surface area contributed by atoms with Crippen molar-refractivity contribution in [3.63, 3.8) is 0 Å². The van der Waals surface area contributed by atoms with Crippen molar-refractivity contribution in [3.8, 4) is 5.75 Å². The maximum absolute atomic E-state index is 6.12. The third kappa shape index (κ3) is 3.14. The third-order valence-electron chi connectivity index (χ3n) is 3.19. The van der Waals surface area contributed by atoms with Crippen LogP contribution in [0, 0.1) is 0 Å². The fourth-order valence-electron chi connectivity index (χ4n) is 2.30. The lowest BCUT2D eigenvalue weighted by molar-refractivity contribution is 0.351. The van der Waals surface area contributed by atoms with Gasteiger partial charge >= 0.3 is 0 Å². The number of ether oxygens (including phenoxy) is 1. The number of hydrogen-bond donors (Lipinski definition) is 1. The van der Waals surface area contributed by atoms with Crippen LogP contribution in [0.1, 0.15) is 37.8 Å². The Balaban J connectivity index is 2.05. The molecule has 17 heavy (non-hydrogen) atoms. The molecule has 94 valence electrons. The van der Waals surface area contributed by atoms with Gasteiger partial charge in [-0.15, -0.1) is 0 Å². The van der Waals surface area contributed by atoms with E-state index in [9.17, 15) is 0 Å². The van der Waals surface area contributed by atoms with E-state index < -0.39 is 0 Å². The van der Waals surface area contributed by atoms with Gasteiger partial charge in [-0.05, 0) is 31.0 Å². The van der Waals surface area contributed by atoms with E-state index in [-0.39, 0.29) is 0 Å². The van der Waals surface area contributed by atoms with Crippen LogP contribution in [0.2, 0.25) is 5.02 Å². The summed E-state index contributed by atoms with van der Waals surface area (Å²) >= 11 is 6.12. The molecule has 1 unspecified atom stereocenters. The van der Waals surface area contributed by atoms with Crippen LogP contribution < -0.4 is 10.1 Å². The molecule has 0 spiro atoms. The lowest BCUT2D eigenvalue weighted by Gasteiger charge is -2.14. The fraction of sp³-hybridized carbons (Fsp3) is 0.571. The van der Waals surface area contributed by atoms with Gasteiger partial charge in [0.05, 0.1) is 6.61 Å². The minimum atomic E-state index is 0.538. The summed E-state index contributed by atoms with van der Waals surface area (Å²) in [4.78, 5) is 0. The van der Waals surface area contributed by atoms with Crippen molar-refractivity contribution in [1.29, 1.82) is 0 Å². The number of nitrogens with one attached hydrogen (secondary N) is 1. The Hall–Kier alpha value is -0.730. The Morgan fingerprint density at radius 2 is 2.29 bits per heavy atom. The molecule has 0 saturated carbocycles. The SMILES string of the molecule is CCCC(C)NCc1cc(Cl)cc2c1OCC2. The van der Waals surface area contributed by atoms with Crippen molar-refractivity contribution in [1.82, 2.24) is 5.32 Å². The Labute approximate surface area is 108 Å². The molecule has 1 aromatic rings. The summed E-state index contributed by atoms with van der Waals surface area (Å²) in [6.07, 6.45) is 3.38. The lowest BCUT2D eigenvalue weighted by Crippen LogP contribution is -2.25. The molecule has 1 N–H and O–H groups in total. The van der Waals surface area contributed by atoms with E-state index in [0.717, 1.165) is 30.3 Å². The zero-order chi connectivity index (χ0) is 12.3. The summed E-state index contributed by atoms with van der Waals surface area (Å²) in [5, 5.41) is 4.33. The second-order valence-corrected chi connectivity index (χ2v) is 5.16. The second kappa shape index (κ2) is 5.74. The number of hydrogen-bond acceptors (Lipinski definition) is 2. The zero-order valence-corrected chi connectivity index (χ0v) is 11.3. The predicted octanol–water partition coefficient (Wildman–Crippen LogP) is 3.55. The average Bonchev–Trinajstić information content (AvgIpc) is 2.74. The van der Waals surface area contributed by atoms with Gasteiger partial charge in [-0.1, -0.05) is 24.9 Å². The van der Waals surface area contributed by atoms with Gasteiger partial charge < -0.3 is 10.1 Å². The van der Waals surface area contributed by atoms with Crippen LogP contribution in [0.25, 0.3) is 0 Å². The molecule has 2 nitrogen and oxygen atoms in total. The lowest BCUT2D eigenvalue weighted by atomic mass is 10.1. The summed E-state index contributed by atoms with van der Waals surface area (Å²) in [6.45, 7) is 6.05. The Morgan fingerprint density at radius 3 is 3.06 bits per heavy atom. The van der Waals surface area contributed by atoms with E-state index in [2.05, 4.69) is 19.2 Å². The number of benzene rings is 1. The normalized spacial score (nSPS) is 15.5. The van der Waals surface area contributed by atoms with Crippen LogP contribution in [0.4, 0.5) is 0 Å². The average molecular weight is 254 g/mol. The molecule has 0 aromatic heterocycles. The molecule has 0 radical (unpaired) electrons. The van der Waals surface area contributed by atoms with Crippen LogP contribution >= 0.6 is 11.6 Å².